The molecule has 0 radical (unpaired) electrons. The van der Waals surface area contributed by atoms with Crippen LogP contribution in [0.15, 0.2) is 47.7 Å². The Balaban J connectivity index is 1.96. The molecule has 32 heavy (non-hydrogen) atoms. The lowest BCUT2D eigenvalue weighted by Gasteiger charge is -2.29. The van der Waals surface area contributed by atoms with Crippen LogP contribution < -0.4 is 25.3 Å². The third-order valence-electron chi connectivity index (χ3n) is 5.23. The van der Waals surface area contributed by atoms with Crippen LogP contribution in [0.4, 0.5) is 5.95 Å². The van der Waals surface area contributed by atoms with E-state index >= 15 is 0 Å². The largest absolute Gasteiger partial charge is 0.496 e. The lowest BCUT2D eigenvalue weighted by atomic mass is 9.94. The molecule has 2 aromatic carbocycles. The Labute approximate surface area is 189 Å². The van der Waals surface area contributed by atoms with Crippen LogP contribution in [0.5, 0.6) is 17.2 Å². The van der Waals surface area contributed by atoms with Crippen LogP contribution in [0.1, 0.15) is 18.5 Å². The van der Waals surface area contributed by atoms with E-state index in [2.05, 4.69) is 15.4 Å². The van der Waals surface area contributed by atoms with Gasteiger partial charge in [-0.2, -0.15) is 4.98 Å². The number of aromatic nitrogens is 3. The first-order valence-electron chi connectivity index (χ1n) is 9.67. The fourth-order valence-electron chi connectivity index (χ4n) is 3.77. The van der Waals surface area contributed by atoms with Gasteiger partial charge in [-0.05, 0) is 25.1 Å². The first-order valence-corrected chi connectivity index (χ1v) is 10.1. The summed E-state index contributed by atoms with van der Waals surface area (Å²) in [6.45, 7) is 1.76. The summed E-state index contributed by atoms with van der Waals surface area (Å²) in [6, 6.07) is 9.94. The summed E-state index contributed by atoms with van der Waals surface area (Å²) < 4.78 is 18.1. The molecule has 0 spiro atoms. The highest BCUT2D eigenvalue weighted by atomic mass is 35.5. The molecule has 0 unspecified atom stereocenters. The number of allylic oxidation sites excluding steroid dienone is 1. The summed E-state index contributed by atoms with van der Waals surface area (Å²) in [7, 11) is 4.60. The van der Waals surface area contributed by atoms with Crippen molar-refractivity contribution in [1.29, 1.82) is 0 Å². The van der Waals surface area contributed by atoms with Gasteiger partial charge in [-0.15, -0.1) is 5.10 Å². The minimum Gasteiger partial charge on any atom is -0.496 e. The van der Waals surface area contributed by atoms with E-state index in [9.17, 15) is 4.79 Å². The first-order chi connectivity index (χ1) is 15.4. The predicted molar refractivity (Wildman–Crippen MR) is 120 cm³/mol. The minimum absolute atomic E-state index is 0.325. The van der Waals surface area contributed by atoms with E-state index < -0.39 is 11.9 Å². The number of ether oxygens (including phenoxy) is 3. The van der Waals surface area contributed by atoms with Crippen LogP contribution in [0, 0.1) is 0 Å². The molecule has 10 heteroatoms. The number of fused-ring (bicyclic) bond motifs is 1. The smallest absolute Gasteiger partial charge is 0.248 e. The van der Waals surface area contributed by atoms with Gasteiger partial charge in [0.15, 0.2) is 17.3 Å². The van der Waals surface area contributed by atoms with Crippen molar-refractivity contribution in [3.05, 3.63) is 58.3 Å². The molecule has 3 N–H and O–H groups in total. The number of benzene rings is 2. The molecule has 2 heterocycles. The van der Waals surface area contributed by atoms with Crippen molar-refractivity contribution in [2.24, 2.45) is 5.73 Å². The van der Waals surface area contributed by atoms with E-state index in [1.165, 1.54) is 21.3 Å². The summed E-state index contributed by atoms with van der Waals surface area (Å²) >= 11 is 6.15. The first kappa shape index (κ1) is 21.5. The number of carbonyl (C=O) groups excluding carboxylic acids is 1. The van der Waals surface area contributed by atoms with E-state index in [4.69, 9.17) is 31.5 Å². The molecule has 166 valence electrons. The number of nitrogens with zero attached hydrogens (tertiary/aromatic N) is 3. The number of rotatable bonds is 6. The Morgan fingerprint density at radius 2 is 1.78 bits per heavy atom. The molecule has 1 aliphatic rings. The van der Waals surface area contributed by atoms with E-state index in [-0.39, 0.29) is 0 Å². The second-order valence-electron chi connectivity index (χ2n) is 7.09. The zero-order valence-corrected chi connectivity index (χ0v) is 18.7. The van der Waals surface area contributed by atoms with Crippen LogP contribution in [0.2, 0.25) is 5.02 Å². The molecule has 0 saturated carbocycles. The summed E-state index contributed by atoms with van der Waals surface area (Å²) in [6.07, 6.45) is 0. The number of anilines is 1. The van der Waals surface area contributed by atoms with Crippen LogP contribution in [-0.2, 0) is 4.79 Å². The van der Waals surface area contributed by atoms with E-state index in [0.29, 0.717) is 50.9 Å². The number of hydrogen-bond acceptors (Lipinski definition) is 7. The average molecular weight is 456 g/mol. The number of hydrogen-bond donors (Lipinski definition) is 2. The van der Waals surface area contributed by atoms with Crippen LogP contribution in [0.25, 0.3) is 11.4 Å². The van der Waals surface area contributed by atoms with Gasteiger partial charge < -0.3 is 25.3 Å². The number of amides is 1. The van der Waals surface area contributed by atoms with Crippen LogP contribution >= 0.6 is 11.6 Å². The molecule has 0 aliphatic carbocycles. The Morgan fingerprint density at radius 3 is 2.41 bits per heavy atom. The second kappa shape index (κ2) is 8.43. The molecule has 9 nitrogen and oxygen atoms in total. The van der Waals surface area contributed by atoms with E-state index in [0.717, 1.165) is 5.56 Å². The molecular weight excluding hydrogens is 434 g/mol. The number of nitrogens with two attached hydrogens (primary N) is 1. The minimum atomic E-state index is -0.709. The molecule has 0 bridgehead atoms. The van der Waals surface area contributed by atoms with Crippen molar-refractivity contribution in [3.8, 4) is 28.6 Å². The molecule has 3 aromatic rings. The lowest BCUT2D eigenvalue weighted by molar-refractivity contribution is -0.115. The number of carbonyl (C=O) groups is 1. The molecule has 1 aliphatic heterocycles. The SMILES string of the molecule is COc1cc(OC)c([C@@H]2C(C(N)=O)=C(C)Nc3nc(-c4cccc(Cl)c4)nn32)cc1OC. The third kappa shape index (κ3) is 3.60. The Kier molecular flexibility index (Phi) is 5.67. The van der Waals surface area contributed by atoms with Gasteiger partial charge in [-0.1, -0.05) is 23.7 Å². The van der Waals surface area contributed by atoms with Gasteiger partial charge in [-0.25, -0.2) is 4.68 Å². The molecular formula is C22H22ClN5O4. The average Bonchev–Trinajstić information content (AvgIpc) is 3.20. The zero-order chi connectivity index (χ0) is 23.0. The number of halogens is 1. The van der Waals surface area contributed by atoms with Crippen LogP contribution in [-0.4, -0.2) is 42.0 Å². The highest BCUT2D eigenvalue weighted by Crippen LogP contribution is 2.44. The Bertz CT molecular complexity index is 1240. The van der Waals surface area contributed by atoms with Crippen molar-refractivity contribution in [3.63, 3.8) is 0 Å². The highest BCUT2D eigenvalue weighted by molar-refractivity contribution is 6.30. The molecule has 1 atom stereocenters. The Hall–Kier alpha value is -3.72. The number of primary amides is 1. The summed E-state index contributed by atoms with van der Waals surface area (Å²) in [4.78, 5) is 17.1. The zero-order valence-electron chi connectivity index (χ0n) is 18.0. The van der Waals surface area contributed by atoms with E-state index in [1.54, 1.807) is 35.9 Å². The van der Waals surface area contributed by atoms with E-state index in [1.807, 2.05) is 12.1 Å². The number of methoxy groups -OCH3 is 3. The predicted octanol–water partition coefficient (Wildman–Crippen LogP) is 3.40. The normalized spacial score (nSPS) is 15.1. The fraction of sp³-hybridized carbons (Fsp3) is 0.227. The summed E-state index contributed by atoms with van der Waals surface area (Å²) in [5, 5.41) is 8.36. The Morgan fingerprint density at radius 1 is 1.09 bits per heavy atom. The lowest BCUT2D eigenvalue weighted by Crippen LogP contribution is -2.32. The standard InChI is InChI=1S/C22H22ClN5O4/c1-11-18(20(24)29)19(14-9-16(31-3)17(32-4)10-15(14)30-2)28-22(25-11)26-21(27-28)12-6-5-7-13(23)8-12/h5-10,19H,1-4H3,(H2,24,29)(H,25,26,27)/t19-/m1/s1. The highest BCUT2D eigenvalue weighted by Gasteiger charge is 2.36. The van der Waals surface area contributed by atoms with Crippen molar-refractivity contribution in [1.82, 2.24) is 14.8 Å². The van der Waals surface area contributed by atoms with Gasteiger partial charge in [-0.3, -0.25) is 4.79 Å². The van der Waals surface area contributed by atoms with Gasteiger partial charge in [0.2, 0.25) is 11.9 Å². The molecule has 4 rings (SSSR count). The molecule has 0 saturated heterocycles. The van der Waals surface area contributed by atoms with Gasteiger partial charge in [0.1, 0.15) is 11.8 Å². The van der Waals surface area contributed by atoms with Gasteiger partial charge in [0, 0.05) is 27.9 Å². The van der Waals surface area contributed by atoms with Crippen molar-refractivity contribution < 1.29 is 19.0 Å². The molecule has 1 amide bonds. The third-order valence-corrected chi connectivity index (χ3v) is 5.47. The summed E-state index contributed by atoms with van der Waals surface area (Å²) in [5.41, 5.74) is 8.03. The van der Waals surface area contributed by atoms with Crippen LogP contribution in [0.3, 0.4) is 0 Å². The number of nitrogens with one attached hydrogen (secondary N) is 1. The molecule has 1 aromatic heterocycles. The van der Waals surface area contributed by atoms with Gasteiger partial charge in [0.05, 0.1) is 26.9 Å². The van der Waals surface area contributed by atoms with Crippen molar-refractivity contribution >= 4 is 23.5 Å². The van der Waals surface area contributed by atoms with Crippen molar-refractivity contribution in [2.45, 2.75) is 13.0 Å². The monoisotopic (exact) mass is 455 g/mol. The molecule has 0 fully saturated rings. The maximum atomic E-state index is 12.5. The quantitative estimate of drug-likeness (QED) is 0.585. The van der Waals surface area contributed by atoms with Crippen molar-refractivity contribution in [2.75, 3.05) is 26.6 Å². The maximum Gasteiger partial charge on any atom is 0.248 e. The maximum absolute atomic E-state index is 12.5. The fourth-order valence-corrected chi connectivity index (χ4v) is 3.96. The topological polar surface area (TPSA) is 114 Å². The second-order valence-corrected chi connectivity index (χ2v) is 7.53. The summed E-state index contributed by atoms with van der Waals surface area (Å²) in [5.74, 6) is 1.73. The van der Waals surface area contributed by atoms with Gasteiger partial charge >= 0.3 is 0 Å². The van der Waals surface area contributed by atoms with Gasteiger partial charge in [0.25, 0.3) is 0 Å².